The molecule has 0 bridgehead atoms. The predicted octanol–water partition coefficient (Wildman–Crippen LogP) is 4.21. The Balaban J connectivity index is 2.50. The monoisotopic (exact) mass is 234 g/mol. The average Bonchev–Trinajstić information content (AvgIpc) is 2.34. The molecule has 0 saturated carbocycles. The molecule has 96 valence electrons. The van der Waals surface area contributed by atoms with E-state index in [4.69, 9.17) is 5.73 Å². The first-order chi connectivity index (χ1) is 8.19. The maximum atomic E-state index is 6.05. The number of unbranched alkanes of at least 4 members (excludes halogenated alkanes) is 1. The maximum absolute atomic E-state index is 6.05. The van der Waals surface area contributed by atoms with Crippen molar-refractivity contribution in [3.05, 3.63) is 23.8 Å². The highest BCUT2D eigenvalue weighted by atomic mass is 14.9. The summed E-state index contributed by atoms with van der Waals surface area (Å²) in [4.78, 5) is 0. The Kier molecular flexibility index (Phi) is 5.88. The molecule has 3 N–H and O–H groups in total. The molecule has 0 radical (unpaired) electrons. The van der Waals surface area contributed by atoms with Gasteiger partial charge in [-0.05, 0) is 30.9 Å². The van der Waals surface area contributed by atoms with Crippen LogP contribution in [0.2, 0.25) is 0 Å². The Hall–Kier alpha value is -1.18. The van der Waals surface area contributed by atoms with Gasteiger partial charge in [0.2, 0.25) is 0 Å². The first kappa shape index (κ1) is 13.9. The zero-order chi connectivity index (χ0) is 12.7. The number of aryl methyl sites for hydroxylation is 1. The topological polar surface area (TPSA) is 38.0 Å². The first-order valence-electron chi connectivity index (χ1n) is 6.78. The van der Waals surface area contributed by atoms with Crippen molar-refractivity contribution >= 4 is 11.4 Å². The van der Waals surface area contributed by atoms with Crippen molar-refractivity contribution in [2.75, 3.05) is 17.6 Å². The van der Waals surface area contributed by atoms with E-state index < -0.39 is 0 Å². The molecule has 1 rings (SSSR count). The van der Waals surface area contributed by atoms with Gasteiger partial charge in [-0.25, -0.2) is 0 Å². The highest BCUT2D eigenvalue weighted by Crippen LogP contribution is 2.23. The van der Waals surface area contributed by atoms with Gasteiger partial charge in [-0.3, -0.25) is 0 Å². The lowest BCUT2D eigenvalue weighted by Crippen LogP contribution is -2.14. The number of anilines is 2. The van der Waals surface area contributed by atoms with Crippen LogP contribution in [0, 0.1) is 12.8 Å². The van der Waals surface area contributed by atoms with Crippen molar-refractivity contribution in [2.24, 2.45) is 5.92 Å². The minimum Gasteiger partial charge on any atom is -0.397 e. The molecule has 2 heteroatoms. The van der Waals surface area contributed by atoms with E-state index in [1.165, 1.54) is 25.7 Å². The van der Waals surface area contributed by atoms with Crippen molar-refractivity contribution in [1.82, 2.24) is 0 Å². The summed E-state index contributed by atoms with van der Waals surface area (Å²) in [6.45, 7) is 7.60. The minimum absolute atomic E-state index is 0.759. The fraction of sp³-hybridized carbons (Fsp3) is 0.600. The number of benzene rings is 1. The molecule has 17 heavy (non-hydrogen) atoms. The van der Waals surface area contributed by atoms with Crippen molar-refractivity contribution < 1.29 is 0 Å². The normalized spacial score (nSPS) is 12.4. The van der Waals surface area contributed by atoms with E-state index in [0.717, 1.165) is 29.4 Å². The van der Waals surface area contributed by atoms with Gasteiger partial charge < -0.3 is 11.1 Å². The molecule has 0 amide bonds. The first-order valence-corrected chi connectivity index (χ1v) is 6.78. The third-order valence-electron chi connectivity index (χ3n) is 3.45. The molecule has 1 unspecified atom stereocenters. The fourth-order valence-electron chi connectivity index (χ4n) is 2.03. The summed E-state index contributed by atoms with van der Waals surface area (Å²) in [7, 11) is 0. The number of hydrogen-bond acceptors (Lipinski definition) is 2. The van der Waals surface area contributed by atoms with E-state index in [2.05, 4.69) is 44.3 Å². The molecule has 0 heterocycles. The molecule has 0 aromatic heterocycles. The van der Waals surface area contributed by atoms with Gasteiger partial charge in [-0.15, -0.1) is 0 Å². The smallest absolute Gasteiger partial charge is 0.0579 e. The zero-order valence-electron chi connectivity index (χ0n) is 11.4. The SMILES string of the molecule is CCCCC(CC)CNc1cccc(C)c1N. The van der Waals surface area contributed by atoms with Gasteiger partial charge in [0.25, 0.3) is 0 Å². The predicted molar refractivity (Wildman–Crippen MR) is 77.4 cm³/mol. The average molecular weight is 234 g/mol. The van der Waals surface area contributed by atoms with Gasteiger partial charge in [0.05, 0.1) is 11.4 Å². The van der Waals surface area contributed by atoms with E-state index in [1.807, 2.05) is 0 Å². The van der Waals surface area contributed by atoms with Crippen LogP contribution in [0.4, 0.5) is 11.4 Å². The van der Waals surface area contributed by atoms with Crippen molar-refractivity contribution in [1.29, 1.82) is 0 Å². The Morgan fingerprint density at radius 1 is 1.29 bits per heavy atom. The van der Waals surface area contributed by atoms with E-state index in [-0.39, 0.29) is 0 Å². The lowest BCUT2D eigenvalue weighted by Gasteiger charge is -2.17. The number of nitrogens with one attached hydrogen (secondary N) is 1. The van der Waals surface area contributed by atoms with Gasteiger partial charge in [0.15, 0.2) is 0 Å². The summed E-state index contributed by atoms with van der Waals surface area (Å²) >= 11 is 0. The van der Waals surface area contributed by atoms with Gasteiger partial charge in [0, 0.05) is 6.54 Å². The van der Waals surface area contributed by atoms with Crippen molar-refractivity contribution in [3.63, 3.8) is 0 Å². The summed E-state index contributed by atoms with van der Waals surface area (Å²) in [5.41, 5.74) is 9.17. The van der Waals surface area contributed by atoms with Crippen molar-refractivity contribution in [3.8, 4) is 0 Å². The third-order valence-corrected chi connectivity index (χ3v) is 3.45. The molecule has 1 aromatic rings. The van der Waals surface area contributed by atoms with Gasteiger partial charge >= 0.3 is 0 Å². The summed E-state index contributed by atoms with van der Waals surface area (Å²) in [6.07, 6.45) is 5.15. The summed E-state index contributed by atoms with van der Waals surface area (Å²) < 4.78 is 0. The van der Waals surface area contributed by atoms with Crippen LogP contribution in [-0.4, -0.2) is 6.54 Å². The Morgan fingerprint density at radius 3 is 2.71 bits per heavy atom. The molecule has 0 aliphatic carbocycles. The molecule has 0 spiro atoms. The van der Waals surface area contributed by atoms with Crippen LogP contribution < -0.4 is 11.1 Å². The largest absolute Gasteiger partial charge is 0.397 e. The van der Waals surface area contributed by atoms with Crippen LogP contribution in [0.25, 0.3) is 0 Å². The number of hydrogen-bond donors (Lipinski definition) is 2. The standard InChI is InChI=1S/C15H26N2/c1-4-6-9-13(5-2)11-17-14-10-7-8-12(3)15(14)16/h7-8,10,13,17H,4-6,9,11,16H2,1-3H3. The highest BCUT2D eigenvalue weighted by molar-refractivity contribution is 5.69. The molecule has 0 aliphatic rings. The van der Waals surface area contributed by atoms with E-state index in [0.29, 0.717) is 0 Å². The second-order valence-electron chi connectivity index (χ2n) is 4.83. The van der Waals surface area contributed by atoms with Crippen molar-refractivity contribution in [2.45, 2.75) is 46.5 Å². The van der Waals surface area contributed by atoms with Crippen LogP contribution in [0.5, 0.6) is 0 Å². The second-order valence-corrected chi connectivity index (χ2v) is 4.83. The highest BCUT2D eigenvalue weighted by Gasteiger charge is 2.07. The molecule has 0 fully saturated rings. The number of nitrogen functional groups attached to an aromatic ring is 1. The van der Waals surface area contributed by atoms with E-state index in [9.17, 15) is 0 Å². The molecule has 1 aromatic carbocycles. The second kappa shape index (κ2) is 7.21. The number of nitrogens with two attached hydrogens (primary N) is 1. The quantitative estimate of drug-likeness (QED) is 0.694. The molecule has 2 nitrogen and oxygen atoms in total. The maximum Gasteiger partial charge on any atom is 0.0579 e. The summed E-state index contributed by atoms with van der Waals surface area (Å²) in [6, 6.07) is 6.17. The van der Waals surface area contributed by atoms with Crippen LogP contribution in [-0.2, 0) is 0 Å². The molecule has 0 aliphatic heterocycles. The van der Waals surface area contributed by atoms with Gasteiger partial charge in [0.1, 0.15) is 0 Å². The lowest BCUT2D eigenvalue weighted by molar-refractivity contribution is 0.473. The minimum atomic E-state index is 0.759. The van der Waals surface area contributed by atoms with Crippen LogP contribution in [0.15, 0.2) is 18.2 Å². The summed E-state index contributed by atoms with van der Waals surface area (Å²) in [5, 5.41) is 3.49. The Labute approximate surface area is 106 Å². The molecular weight excluding hydrogens is 208 g/mol. The molecule has 1 atom stereocenters. The van der Waals surface area contributed by atoms with Crippen LogP contribution in [0.1, 0.15) is 45.1 Å². The zero-order valence-corrected chi connectivity index (χ0v) is 11.4. The molecule has 0 saturated heterocycles. The summed E-state index contributed by atoms with van der Waals surface area (Å²) in [5.74, 6) is 0.759. The van der Waals surface area contributed by atoms with E-state index in [1.54, 1.807) is 0 Å². The van der Waals surface area contributed by atoms with Crippen LogP contribution >= 0.6 is 0 Å². The van der Waals surface area contributed by atoms with Gasteiger partial charge in [-0.1, -0.05) is 45.2 Å². The third kappa shape index (κ3) is 4.29. The molecular formula is C15H26N2. The Morgan fingerprint density at radius 2 is 2.06 bits per heavy atom. The number of para-hydroxylation sites is 1. The van der Waals surface area contributed by atoms with E-state index >= 15 is 0 Å². The van der Waals surface area contributed by atoms with Gasteiger partial charge in [-0.2, -0.15) is 0 Å². The Bertz CT molecular complexity index is 334. The fourth-order valence-corrected chi connectivity index (χ4v) is 2.03. The van der Waals surface area contributed by atoms with Crippen LogP contribution in [0.3, 0.4) is 0 Å². The number of rotatable bonds is 7. The lowest BCUT2D eigenvalue weighted by atomic mass is 9.99.